The topological polar surface area (TPSA) is 106 Å². The van der Waals surface area contributed by atoms with Crippen LogP contribution in [0.1, 0.15) is 38.4 Å². The lowest BCUT2D eigenvalue weighted by Gasteiger charge is -2.35. The Morgan fingerprint density at radius 1 is 1.25 bits per heavy atom. The average molecular weight is 277 g/mol. The maximum absolute atomic E-state index is 11.8. The lowest BCUT2D eigenvalue weighted by molar-refractivity contribution is 0.278. The van der Waals surface area contributed by atoms with Crippen molar-refractivity contribution < 1.29 is 0 Å². The van der Waals surface area contributed by atoms with E-state index in [4.69, 9.17) is 0 Å². The van der Waals surface area contributed by atoms with Crippen molar-refractivity contribution in [3.63, 3.8) is 0 Å². The van der Waals surface area contributed by atoms with Gasteiger partial charge in [-0.05, 0) is 25.8 Å². The Bertz CT molecular complexity index is 715. The number of nitrogens with one attached hydrogen (secondary N) is 4. The van der Waals surface area contributed by atoms with Crippen molar-refractivity contribution in [3.8, 4) is 0 Å². The number of aromatic nitrogens is 4. The first kappa shape index (κ1) is 13.1. The fraction of sp³-hybridized carbons (Fsp3) is 0.615. The zero-order chi connectivity index (χ0) is 14.2. The highest BCUT2D eigenvalue weighted by Gasteiger charge is 2.36. The highest BCUT2D eigenvalue weighted by molar-refractivity contribution is 5.69. The third-order valence-corrected chi connectivity index (χ3v) is 4.09. The van der Waals surface area contributed by atoms with Crippen molar-refractivity contribution in [3.05, 3.63) is 26.7 Å². The third-order valence-electron chi connectivity index (χ3n) is 4.09. The second-order valence-corrected chi connectivity index (χ2v) is 5.53. The van der Waals surface area contributed by atoms with Gasteiger partial charge in [0.25, 0.3) is 5.56 Å². The second kappa shape index (κ2) is 4.90. The maximum atomic E-state index is 11.8. The fourth-order valence-corrected chi connectivity index (χ4v) is 3.16. The molecule has 1 unspecified atom stereocenters. The average Bonchev–Trinajstić information content (AvgIpc) is 2.85. The van der Waals surface area contributed by atoms with Crippen molar-refractivity contribution in [2.45, 2.75) is 38.0 Å². The van der Waals surface area contributed by atoms with Crippen LogP contribution in [-0.4, -0.2) is 33.0 Å². The Labute approximate surface area is 115 Å². The molecular weight excluding hydrogens is 258 g/mol. The maximum Gasteiger partial charge on any atom is 0.327 e. The van der Waals surface area contributed by atoms with Crippen LogP contribution >= 0.6 is 0 Å². The highest BCUT2D eigenvalue weighted by Crippen LogP contribution is 2.34. The molecule has 0 bridgehead atoms. The zero-order valence-corrected chi connectivity index (χ0v) is 11.5. The minimum Gasteiger partial charge on any atom is -0.336 e. The van der Waals surface area contributed by atoms with E-state index in [1.165, 1.54) is 0 Å². The van der Waals surface area contributed by atoms with Crippen molar-refractivity contribution >= 4 is 11.2 Å². The van der Waals surface area contributed by atoms with Gasteiger partial charge in [0.2, 0.25) is 0 Å². The van der Waals surface area contributed by atoms with Crippen molar-refractivity contribution in [2.75, 3.05) is 13.1 Å². The molecule has 108 valence electrons. The Balaban J connectivity index is 2.14. The predicted molar refractivity (Wildman–Crippen MR) is 76.0 cm³/mol. The molecule has 1 saturated heterocycles. The number of fused-ring (bicyclic) bond motifs is 1. The van der Waals surface area contributed by atoms with Gasteiger partial charge < -0.3 is 10.3 Å². The van der Waals surface area contributed by atoms with Crippen LogP contribution in [0.5, 0.6) is 0 Å². The number of hydrogen-bond donors (Lipinski definition) is 4. The Hall–Kier alpha value is -1.89. The molecule has 7 heteroatoms. The minimum atomic E-state index is -0.521. The summed E-state index contributed by atoms with van der Waals surface area (Å²) in [4.78, 5) is 35.5. The molecule has 0 aliphatic carbocycles. The van der Waals surface area contributed by atoms with Gasteiger partial charge in [0, 0.05) is 12.0 Å². The molecule has 0 spiro atoms. The van der Waals surface area contributed by atoms with E-state index in [2.05, 4.69) is 32.2 Å². The summed E-state index contributed by atoms with van der Waals surface area (Å²) < 4.78 is 0. The van der Waals surface area contributed by atoms with Crippen LogP contribution in [0.25, 0.3) is 11.2 Å². The summed E-state index contributed by atoms with van der Waals surface area (Å²) in [5.41, 5.74) is -0.324. The quantitative estimate of drug-likeness (QED) is 0.650. The summed E-state index contributed by atoms with van der Waals surface area (Å²) in [6.45, 7) is 4.01. The first-order valence-corrected chi connectivity index (χ1v) is 7.08. The van der Waals surface area contributed by atoms with E-state index in [-0.39, 0.29) is 5.41 Å². The summed E-state index contributed by atoms with van der Waals surface area (Å²) >= 11 is 0. The van der Waals surface area contributed by atoms with Crippen molar-refractivity contribution in [2.24, 2.45) is 0 Å². The Kier molecular flexibility index (Phi) is 3.21. The van der Waals surface area contributed by atoms with E-state index in [1.54, 1.807) is 0 Å². The predicted octanol–water partition coefficient (Wildman–Crippen LogP) is 0.361. The number of hydrogen-bond acceptors (Lipinski definition) is 4. The van der Waals surface area contributed by atoms with Crippen LogP contribution in [0, 0.1) is 0 Å². The first-order valence-electron chi connectivity index (χ1n) is 7.08. The van der Waals surface area contributed by atoms with E-state index in [0.29, 0.717) is 11.2 Å². The number of piperidine rings is 1. The molecule has 4 N–H and O–H groups in total. The summed E-state index contributed by atoms with van der Waals surface area (Å²) in [7, 11) is 0. The van der Waals surface area contributed by atoms with E-state index in [9.17, 15) is 9.59 Å². The summed E-state index contributed by atoms with van der Waals surface area (Å²) in [5.74, 6) is 0.800. The van der Waals surface area contributed by atoms with Gasteiger partial charge in [-0.3, -0.25) is 14.8 Å². The monoisotopic (exact) mass is 277 g/mol. The van der Waals surface area contributed by atoms with Crippen LogP contribution in [-0.2, 0) is 5.41 Å². The summed E-state index contributed by atoms with van der Waals surface area (Å²) in [6, 6.07) is 0. The van der Waals surface area contributed by atoms with Gasteiger partial charge >= 0.3 is 5.69 Å². The molecule has 1 atom stereocenters. The number of rotatable bonds is 3. The van der Waals surface area contributed by atoms with Gasteiger partial charge in [0.1, 0.15) is 11.3 Å². The lowest BCUT2D eigenvalue weighted by atomic mass is 9.76. The summed E-state index contributed by atoms with van der Waals surface area (Å²) in [6.07, 6.45) is 4.17. The van der Waals surface area contributed by atoms with E-state index >= 15 is 0 Å². The molecule has 3 rings (SSSR count). The molecule has 1 fully saturated rings. The molecule has 20 heavy (non-hydrogen) atoms. The number of imidazole rings is 1. The van der Waals surface area contributed by atoms with Crippen LogP contribution in [0.15, 0.2) is 9.59 Å². The second-order valence-electron chi connectivity index (χ2n) is 5.53. The van der Waals surface area contributed by atoms with E-state index < -0.39 is 11.2 Å². The molecule has 2 aromatic rings. The smallest absolute Gasteiger partial charge is 0.327 e. The Morgan fingerprint density at radius 3 is 2.80 bits per heavy atom. The van der Waals surface area contributed by atoms with Gasteiger partial charge in [0.05, 0.1) is 0 Å². The third kappa shape index (κ3) is 2.07. The molecule has 0 aromatic carbocycles. The van der Waals surface area contributed by atoms with Gasteiger partial charge in [-0.2, -0.15) is 0 Å². The number of aromatic amines is 3. The van der Waals surface area contributed by atoms with Gasteiger partial charge in [-0.15, -0.1) is 0 Å². The number of H-pyrrole nitrogens is 3. The minimum absolute atomic E-state index is 0.0741. The SMILES string of the molecule is CCCC1(c2nc3[nH]c(=O)[nH]c(=O)c3[nH]2)CCCNC1. The molecule has 0 radical (unpaired) electrons. The van der Waals surface area contributed by atoms with E-state index in [0.717, 1.165) is 44.6 Å². The molecule has 1 aliphatic rings. The van der Waals surface area contributed by atoms with Gasteiger partial charge in [-0.1, -0.05) is 13.3 Å². The van der Waals surface area contributed by atoms with Crippen molar-refractivity contribution in [1.29, 1.82) is 0 Å². The lowest BCUT2D eigenvalue weighted by Crippen LogP contribution is -2.44. The van der Waals surface area contributed by atoms with Crippen LogP contribution in [0.3, 0.4) is 0 Å². The summed E-state index contributed by atoms with van der Waals surface area (Å²) in [5, 5.41) is 3.41. The van der Waals surface area contributed by atoms with Gasteiger partial charge in [0.15, 0.2) is 5.65 Å². The molecular formula is C13H19N5O2. The largest absolute Gasteiger partial charge is 0.336 e. The molecule has 0 saturated carbocycles. The normalized spacial score (nSPS) is 23.2. The molecule has 2 aromatic heterocycles. The van der Waals surface area contributed by atoms with Gasteiger partial charge in [-0.25, -0.2) is 9.78 Å². The fourth-order valence-electron chi connectivity index (χ4n) is 3.16. The molecule has 0 amide bonds. The zero-order valence-electron chi connectivity index (χ0n) is 11.5. The molecule has 7 nitrogen and oxygen atoms in total. The Morgan fingerprint density at radius 2 is 2.10 bits per heavy atom. The van der Waals surface area contributed by atoms with Crippen LogP contribution < -0.4 is 16.6 Å². The van der Waals surface area contributed by atoms with Crippen LogP contribution in [0.2, 0.25) is 0 Å². The standard InChI is InChI=1S/C13H19N5O2/c1-2-4-13(5-3-6-14-7-13)11-15-8-9(16-11)17-12(20)18-10(8)19/h14H,2-7H2,1H3,(H3,15,16,17,18,19,20). The first-order chi connectivity index (χ1) is 9.64. The molecule has 1 aliphatic heterocycles. The highest BCUT2D eigenvalue weighted by atomic mass is 16.2. The number of nitrogens with zero attached hydrogens (tertiary/aromatic N) is 1. The van der Waals surface area contributed by atoms with Crippen molar-refractivity contribution in [1.82, 2.24) is 25.3 Å². The molecule has 3 heterocycles. The van der Waals surface area contributed by atoms with E-state index in [1.807, 2.05) is 0 Å². The van der Waals surface area contributed by atoms with Crippen LogP contribution in [0.4, 0.5) is 0 Å².